The Morgan fingerprint density at radius 1 is 1.45 bits per heavy atom. The first-order valence-electron chi connectivity index (χ1n) is 2.98. The number of carbonyl (C=O) groups excluding carboxylic acids is 2. The molecule has 0 unspecified atom stereocenters. The normalized spacial score (nSPS) is 8.55. The Hall–Kier alpha value is -0.970. The molecule has 11 heavy (non-hydrogen) atoms. The average molecular weight is 176 g/mol. The molecule has 0 aliphatic carbocycles. The molecule has 0 saturated carbocycles. The van der Waals surface area contributed by atoms with Crippen molar-refractivity contribution < 1.29 is 18.5 Å². The van der Waals surface area contributed by atoms with Crippen LogP contribution in [0.15, 0.2) is 0 Å². The van der Waals surface area contributed by atoms with Crippen molar-refractivity contribution in [2.45, 2.75) is 13.8 Å². The first-order valence-corrected chi connectivity index (χ1v) is 3.72. The summed E-state index contributed by atoms with van der Waals surface area (Å²) in [6, 6.07) is 0. The van der Waals surface area contributed by atoms with E-state index in [1.54, 1.807) is 6.92 Å². The van der Waals surface area contributed by atoms with Crippen LogP contribution in [0, 0.1) is 0 Å². The smallest absolute Gasteiger partial charge is 0.355 e. The highest BCUT2D eigenvalue weighted by molar-refractivity contribution is 7.70. The summed E-state index contributed by atoms with van der Waals surface area (Å²) in [6.45, 7) is 2.92. The van der Waals surface area contributed by atoms with Gasteiger partial charge in [0.25, 0.3) is 0 Å². The van der Waals surface area contributed by atoms with Crippen molar-refractivity contribution in [3.63, 3.8) is 0 Å². The second-order valence-electron chi connectivity index (χ2n) is 1.69. The first kappa shape index (κ1) is 10.0. The fraction of sp³-hybridized carbons (Fsp3) is 0.500. The third-order valence-electron chi connectivity index (χ3n) is 0.864. The summed E-state index contributed by atoms with van der Waals surface area (Å²) in [5.41, 5.74) is 0. The summed E-state index contributed by atoms with van der Waals surface area (Å²) in [7, 11) is 0. The Morgan fingerprint density at radius 3 is 2.27 bits per heavy atom. The predicted octanol–water partition coefficient (Wildman–Crippen LogP) is -0.476. The minimum Gasteiger partial charge on any atom is -0.462 e. The van der Waals surface area contributed by atoms with Crippen molar-refractivity contribution in [2.75, 3.05) is 6.61 Å². The van der Waals surface area contributed by atoms with Gasteiger partial charge in [-0.25, -0.2) is 9.00 Å². The molecule has 0 amide bonds. The van der Waals surface area contributed by atoms with Crippen LogP contribution in [0.4, 0.5) is 0 Å². The number of Topliss-reactive ketones (excluding diaryl/α,β-unsaturated/α-hetero) is 1. The van der Waals surface area contributed by atoms with Gasteiger partial charge in [-0.3, -0.25) is 4.79 Å². The van der Waals surface area contributed by atoms with Gasteiger partial charge in [-0.1, -0.05) is 0 Å². The quantitative estimate of drug-likeness (QED) is 0.331. The summed E-state index contributed by atoms with van der Waals surface area (Å²) >= 11 is -0.131. The minimum absolute atomic E-state index is 0.131. The van der Waals surface area contributed by atoms with Gasteiger partial charge in [-0.05, 0) is 6.92 Å². The Kier molecular flexibility index (Phi) is 4.36. The maximum absolute atomic E-state index is 10.7. The molecule has 62 valence electrons. The number of hydrogen-bond donors (Lipinski definition) is 0. The molecule has 5 heteroatoms. The molecule has 0 spiro atoms. The summed E-state index contributed by atoms with van der Waals surface area (Å²) in [6.07, 6.45) is 0. The molecule has 0 radical (unpaired) electrons. The summed E-state index contributed by atoms with van der Waals surface area (Å²) in [5, 5.41) is 0. The van der Waals surface area contributed by atoms with Crippen LogP contribution in [0.25, 0.3) is 0 Å². The predicted molar refractivity (Wildman–Crippen MR) is 40.5 cm³/mol. The van der Waals surface area contributed by atoms with Gasteiger partial charge in [0.1, 0.15) is 11.3 Å². The van der Waals surface area contributed by atoms with Crippen molar-refractivity contribution in [1.82, 2.24) is 0 Å². The molecule has 0 aromatic heterocycles. The third-order valence-corrected chi connectivity index (χ3v) is 1.48. The van der Waals surface area contributed by atoms with Crippen LogP contribution in [-0.2, 0) is 25.6 Å². The number of esters is 1. The van der Waals surface area contributed by atoms with Crippen molar-refractivity contribution >= 4 is 27.9 Å². The molecule has 0 saturated heterocycles. The fourth-order valence-electron chi connectivity index (χ4n) is 0.433. The third kappa shape index (κ3) is 3.08. The lowest BCUT2D eigenvalue weighted by molar-refractivity contribution is -0.135. The molecule has 0 fully saturated rings. The van der Waals surface area contributed by atoms with Gasteiger partial charge in [0, 0.05) is 6.92 Å². The highest BCUT2D eigenvalue weighted by Crippen LogP contribution is 1.83. The largest absolute Gasteiger partial charge is 0.462 e. The Morgan fingerprint density at radius 2 is 2.00 bits per heavy atom. The van der Waals surface area contributed by atoms with Crippen molar-refractivity contribution in [1.29, 1.82) is 0 Å². The lowest BCUT2D eigenvalue weighted by Crippen LogP contribution is -2.23. The highest BCUT2D eigenvalue weighted by Gasteiger charge is 2.16. The SMILES string of the molecule is CCOC(=O)C(=S=O)C(C)=O. The number of rotatable bonds is 3. The lowest BCUT2D eigenvalue weighted by atomic mass is 10.3. The van der Waals surface area contributed by atoms with Gasteiger partial charge in [0.05, 0.1) is 6.61 Å². The molecule has 4 nitrogen and oxygen atoms in total. The van der Waals surface area contributed by atoms with E-state index in [1.165, 1.54) is 0 Å². The molecule has 0 atom stereocenters. The summed E-state index contributed by atoms with van der Waals surface area (Å²) < 4.78 is 14.6. The molecule has 0 aliphatic rings. The van der Waals surface area contributed by atoms with Crippen LogP contribution in [-0.4, -0.2) is 27.4 Å². The lowest BCUT2D eigenvalue weighted by Gasteiger charge is -1.97. The zero-order valence-electron chi connectivity index (χ0n) is 6.25. The van der Waals surface area contributed by atoms with Gasteiger partial charge in [-0.15, -0.1) is 0 Å². The molecule has 0 bridgehead atoms. The van der Waals surface area contributed by atoms with E-state index < -0.39 is 16.6 Å². The molecule has 0 aromatic rings. The number of ketones is 1. The Bertz CT molecular complexity index is 227. The van der Waals surface area contributed by atoms with Crippen molar-refractivity contribution in [3.8, 4) is 0 Å². The second-order valence-corrected chi connectivity index (χ2v) is 2.26. The highest BCUT2D eigenvalue weighted by atomic mass is 32.1. The second kappa shape index (κ2) is 4.79. The van der Waals surface area contributed by atoms with Gasteiger partial charge in [0.15, 0.2) is 10.6 Å². The molecule has 0 aliphatic heterocycles. The van der Waals surface area contributed by atoms with Crippen LogP contribution in [0.2, 0.25) is 0 Å². The molecular formula is C6H8O4S. The minimum atomic E-state index is -0.833. The van der Waals surface area contributed by atoms with E-state index in [0.717, 1.165) is 6.92 Å². The van der Waals surface area contributed by atoms with Gasteiger partial charge >= 0.3 is 5.97 Å². The maximum Gasteiger partial charge on any atom is 0.355 e. The monoisotopic (exact) mass is 176 g/mol. The standard InChI is InChI=1S/C6H8O4S/c1-3-10-6(8)5(11-9)4(2)7/h3H2,1-2H3. The van der Waals surface area contributed by atoms with Crippen LogP contribution in [0.5, 0.6) is 0 Å². The van der Waals surface area contributed by atoms with E-state index >= 15 is 0 Å². The van der Waals surface area contributed by atoms with E-state index in [2.05, 4.69) is 4.74 Å². The van der Waals surface area contributed by atoms with Crippen LogP contribution >= 0.6 is 0 Å². The Labute approximate surface area is 67.6 Å². The summed E-state index contributed by atoms with van der Waals surface area (Å²) in [4.78, 5) is 20.9. The zero-order valence-corrected chi connectivity index (χ0v) is 7.06. The maximum atomic E-state index is 10.7. The number of carbonyl (C=O) groups is 2. The Balaban J connectivity index is 4.42. The zero-order chi connectivity index (χ0) is 8.85. The van der Waals surface area contributed by atoms with Crippen LogP contribution < -0.4 is 0 Å². The van der Waals surface area contributed by atoms with Gasteiger partial charge in [-0.2, -0.15) is 0 Å². The van der Waals surface area contributed by atoms with Crippen LogP contribution in [0.3, 0.4) is 0 Å². The number of hydrogen-bond acceptors (Lipinski definition) is 4. The van der Waals surface area contributed by atoms with E-state index in [1.807, 2.05) is 0 Å². The average Bonchev–Trinajstić information content (AvgIpc) is 1.88. The van der Waals surface area contributed by atoms with Gasteiger partial charge in [0.2, 0.25) is 0 Å². The molecular weight excluding hydrogens is 168 g/mol. The summed E-state index contributed by atoms with van der Waals surface area (Å²) in [5.74, 6) is -1.39. The van der Waals surface area contributed by atoms with E-state index in [4.69, 9.17) is 0 Å². The number of ether oxygens (including phenoxy) is 1. The van der Waals surface area contributed by atoms with Crippen molar-refractivity contribution in [2.24, 2.45) is 0 Å². The van der Waals surface area contributed by atoms with E-state index in [0.29, 0.717) is 0 Å². The van der Waals surface area contributed by atoms with Gasteiger partial charge < -0.3 is 4.74 Å². The molecule has 0 aromatic carbocycles. The molecule has 0 N–H and O–H groups in total. The fourth-order valence-corrected chi connectivity index (χ4v) is 0.677. The van der Waals surface area contributed by atoms with Crippen LogP contribution in [0.1, 0.15) is 13.8 Å². The van der Waals surface area contributed by atoms with E-state index in [-0.39, 0.29) is 17.9 Å². The molecule has 0 heterocycles. The van der Waals surface area contributed by atoms with Crippen molar-refractivity contribution in [3.05, 3.63) is 0 Å². The van der Waals surface area contributed by atoms with E-state index in [9.17, 15) is 13.8 Å². The first-order chi connectivity index (χ1) is 5.13. The molecule has 0 rings (SSSR count). The topological polar surface area (TPSA) is 60.4 Å².